The Morgan fingerprint density at radius 1 is 0.977 bits per heavy atom. The van der Waals surface area contributed by atoms with E-state index in [1.54, 1.807) is 12.1 Å². The molecule has 2 amide bonds. The second-order valence-electron chi connectivity index (χ2n) is 11.3. The monoisotopic (exact) mass is 639 g/mol. The molecule has 0 saturated carbocycles. The SMILES string of the molecule is CCCCCC(CC(=O)CCc1ccc(O)c(OC)c1)SCC(NC(=O)C(N)CCC(=O)O)C(=O)NC(CC(C)C)C(=O)O. The second-order valence-corrected chi connectivity index (χ2v) is 12.7. The molecule has 7 N–H and O–H groups in total. The molecule has 1 aromatic rings. The third-order valence-electron chi connectivity index (χ3n) is 6.98. The number of nitrogens with one attached hydrogen (secondary N) is 2. The van der Waals surface area contributed by atoms with Crippen molar-refractivity contribution in [1.82, 2.24) is 10.6 Å². The van der Waals surface area contributed by atoms with Crippen LogP contribution in [0.25, 0.3) is 0 Å². The number of aryl methyl sites for hydroxylation is 1. The number of hydrogen-bond acceptors (Lipinski definition) is 9. The number of aliphatic carboxylic acids is 2. The molecule has 0 heterocycles. The highest BCUT2D eigenvalue weighted by molar-refractivity contribution is 8.00. The molecule has 0 aliphatic carbocycles. The van der Waals surface area contributed by atoms with E-state index in [1.165, 1.54) is 24.9 Å². The Kier molecular flexibility index (Phi) is 18.1. The largest absolute Gasteiger partial charge is 0.504 e. The van der Waals surface area contributed by atoms with Crippen molar-refractivity contribution in [2.24, 2.45) is 11.7 Å². The molecule has 0 fully saturated rings. The number of unbranched alkanes of at least 4 members (excludes halogenated alkanes) is 2. The quantitative estimate of drug-likeness (QED) is 0.0959. The van der Waals surface area contributed by atoms with Crippen LogP contribution in [0.1, 0.15) is 84.1 Å². The minimum atomic E-state index is -1.20. The van der Waals surface area contributed by atoms with Crippen molar-refractivity contribution in [3.63, 3.8) is 0 Å². The lowest BCUT2D eigenvalue weighted by molar-refractivity contribution is -0.142. The zero-order chi connectivity index (χ0) is 33.2. The summed E-state index contributed by atoms with van der Waals surface area (Å²) in [6.45, 7) is 5.72. The Bertz CT molecular complexity index is 1100. The second kappa shape index (κ2) is 20.6. The van der Waals surface area contributed by atoms with E-state index < -0.39 is 41.9 Å². The Balaban J connectivity index is 3.02. The summed E-state index contributed by atoms with van der Waals surface area (Å²) in [7, 11) is 1.45. The minimum absolute atomic E-state index is 0.0140. The van der Waals surface area contributed by atoms with Crippen molar-refractivity contribution in [3.8, 4) is 11.5 Å². The van der Waals surface area contributed by atoms with Crippen molar-refractivity contribution in [2.75, 3.05) is 12.9 Å². The highest BCUT2D eigenvalue weighted by atomic mass is 32.2. The standard InChI is InChI=1S/C31H49N3O9S/c1-5-6-7-8-22(17-21(35)11-9-20-10-13-26(36)27(16-20)43-4)44-18-25(34-29(39)23(32)12-14-28(37)38)30(40)33-24(31(41)42)15-19(2)3/h10,13,16,19,22-25,36H,5-9,11-12,14-15,17-18,32H2,1-4H3,(H,33,40)(H,34,39)(H,37,38)(H,41,42). The summed E-state index contributed by atoms with van der Waals surface area (Å²) >= 11 is 1.36. The number of ether oxygens (including phenoxy) is 1. The normalized spacial score (nSPS) is 13.9. The van der Waals surface area contributed by atoms with Gasteiger partial charge in [-0.2, -0.15) is 11.8 Å². The fraction of sp³-hybridized carbons (Fsp3) is 0.645. The molecule has 0 bridgehead atoms. The molecule has 13 heteroatoms. The highest BCUT2D eigenvalue weighted by Crippen LogP contribution is 2.28. The van der Waals surface area contributed by atoms with Crippen LogP contribution in [0, 0.1) is 5.92 Å². The molecule has 4 atom stereocenters. The molecule has 0 radical (unpaired) electrons. The average Bonchev–Trinajstić information content (AvgIpc) is 2.96. The predicted molar refractivity (Wildman–Crippen MR) is 169 cm³/mol. The number of benzene rings is 1. The first-order chi connectivity index (χ1) is 20.8. The van der Waals surface area contributed by atoms with Gasteiger partial charge in [0.15, 0.2) is 11.5 Å². The van der Waals surface area contributed by atoms with Crippen LogP contribution in [-0.4, -0.2) is 81.1 Å². The zero-order valence-corrected chi connectivity index (χ0v) is 27.0. The molecule has 0 aliphatic heterocycles. The lowest BCUT2D eigenvalue weighted by Gasteiger charge is -2.25. The number of ketones is 1. The number of carboxylic acids is 2. The molecular weight excluding hydrogens is 590 g/mol. The van der Waals surface area contributed by atoms with Crippen molar-refractivity contribution in [3.05, 3.63) is 23.8 Å². The van der Waals surface area contributed by atoms with Crippen LogP contribution in [0.2, 0.25) is 0 Å². The van der Waals surface area contributed by atoms with Crippen LogP contribution >= 0.6 is 11.8 Å². The molecule has 44 heavy (non-hydrogen) atoms. The summed E-state index contributed by atoms with van der Waals surface area (Å²) < 4.78 is 5.14. The van der Waals surface area contributed by atoms with E-state index >= 15 is 0 Å². The van der Waals surface area contributed by atoms with E-state index in [4.69, 9.17) is 15.6 Å². The number of rotatable bonds is 23. The van der Waals surface area contributed by atoms with Crippen LogP contribution in [0.3, 0.4) is 0 Å². The molecule has 0 saturated heterocycles. The number of nitrogens with two attached hydrogens (primary N) is 1. The van der Waals surface area contributed by atoms with Gasteiger partial charge < -0.3 is 36.4 Å². The summed E-state index contributed by atoms with van der Waals surface area (Å²) in [4.78, 5) is 61.7. The first-order valence-electron chi connectivity index (χ1n) is 15.1. The number of methoxy groups -OCH3 is 1. The Morgan fingerprint density at radius 2 is 1.66 bits per heavy atom. The van der Waals surface area contributed by atoms with Crippen molar-refractivity contribution >= 4 is 41.3 Å². The Morgan fingerprint density at radius 3 is 2.25 bits per heavy atom. The number of phenols is 1. The van der Waals surface area contributed by atoms with Crippen molar-refractivity contribution < 1.29 is 44.0 Å². The van der Waals surface area contributed by atoms with Gasteiger partial charge in [0.05, 0.1) is 13.2 Å². The maximum atomic E-state index is 13.3. The number of amides is 2. The lowest BCUT2D eigenvalue weighted by atomic mass is 10.0. The van der Waals surface area contributed by atoms with Crippen molar-refractivity contribution in [2.45, 2.75) is 108 Å². The minimum Gasteiger partial charge on any atom is -0.504 e. The fourth-order valence-electron chi connectivity index (χ4n) is 4.45. The Hall–Kier alpha value is -3.32. The summed E-state index contributed by atoms with van der Waals surface area (Å²) in [5.74, 6) is -3.30. The van der Waals surface area contributed by atoms with E-state index in [0.29, 0.717) is 18.6 Å². The molecule has 0 aromatic heterocycles. The third-order valence-corrected chi connectivity index (χ3v) is 8.38. The predicted octanol–water partition coefficient (Wildman–Crippen LogP) is 3.27. The highest BCUT2D eigenvalue weighted by Gasteiger charge is 2.29. The van der Waals surface area contributed by atoms with Gasteiger partial charge in [-0.25, -0.2) is 4.79 Å². The molecule has 4 unspecified atom stereocenters. The maximum absolute atomic E-state index is 13.3. The van der Waals surface area contributed by atoms with Crippen molar-refractivity contribution in [1.29, 1.82) is 0 Å². The number of phenolic OH excluding ortho intramolecular Hbond substituents is 1. The number of carboxylic acid groups (broad SMARTS) is 2. The third kappa shape index (κ3) is 15.4. The van der Waals surface area contributed by atoms with Gasteiger partial charge in [-0.3, -0.25) is 19.2 Å². The van der Waals surface area contributed by atoms with Gasteiger partial charge in [0.1, 0.15) is 17.9 Å². The number of hydrogen-bond donors (Lipinski definition) is 6. The molecular formula is C31H49N3O9S. The molecule has 1 aromatic carbocycles. The lowest BCUT2D eigenvalue weighted by Crippen LogP contribution is -2.55. The van der Waals surface area contributed by atoms with E-state index in [1.807, 2.05) is 13.8 Å². The van der Waals surface area contributed by atoms with Gasteiger partial charge in [-0.1, -0.05) is 46.1 Å². The first-order valence-corrected chi connectivity index (χ1v) is 16.1. The number of carbonyl (C=O) groups excluding carboxylic acids is 3. The Labute approximate surface area is 263 Å². The molecule has 1 rings (SSSR count). The van der Waals surface area contributed by atoms with E-state index in [0.717, 1.165) is 24.8 Å². The summed E-state index contributed by atoms with van der Waals surface area (Å²) in [6.07, 6.45) is 4.24. The molecule has 0 aliphatic rings. The van der Waals surface area contributed by atoms with Gasteiger partial charge in [-0.05, 0) is 49.3 Å². The van der Waals surface area contributed by atoms with Crippen LogP contribution in [-0.2, 0) is 30.4 Å². The van der Waals surface area contributed by atoms with E-state index in [-0.39, 0.29) is 60.6 Å². The van der Waals surface area contributed by atoms with Gasteiger partial charge in [0, 0.05) is 30.3 Å². The zero-order valence-electron chi connectivity index (χ0n) is 26.2. The van der Waals surface area contributed by atoms with Crippen LogP contribution in [0.5, 0.6) is 11.5 Å². The molecule has 12 nitrogen and oxygen atoms in total. The van der Waals surface area contributed by atoms with E-state index in [2.05, 4.69) is 17.6 Å². The van der Waals surface area contributed by atoms with Gasteiger partial charge in [-0.15, -0.1) is 0 Å². The average molecular weight is 640 g/mol. The summed E-state index contributed by atoms with van der Waals surface area (Å²) in [5, 5.41) is 33.3. The summed E-state index contributed by atoms with van der Waals surface area (Å²) in [5.41, 5.74) is 6.71. The van der Waals surface area contributed by atoms with Gasteiger partial charge in [0.2, 0.25) is 11.8 Å². The van der Waals surface area contributed by atoms with Crippen LogP contribution in [0.15, 0.2) is 18.2 Å². The maximum Gasteiger partial charge on any atom is 0.326 e. The number of carbonyl (C=O) groups is 5. The van der Waals surface area contributed by atoms with E-state index in [9.17, 15) is 34.2 Å². The van der Waals surface area contributed by atoms with Gasteiger partial charge >= 0.3 is 11.9 Å². The fourth-order valence-corrected chi connectivity index (χ4v) is 5.79. The smallest absolute Gasteiger partial charge is 0.326 e. The number of aromatic hydroxyl groups is 1. The summed E-state index contributed by atoms with van der Waals surface area (Å²) in [6, 6.07) is 1.46. The first kappa shape index (κ1) is 38.7. The molecule has 0 spiro atoms. The number of thioether (sulfide) groups is 1. The topological polar surface area (TPSA) is 205 Å². The van der Waals surface area contributed by atoms with Crippen LogP contribution < -0.4 is 21.1 Å². The molecule has 248 valence electrons. The van der Waals surface area contributed by atoms with Crippen LogP contribution in [0.4, 0.5) is 0 Å². The number of Topliss-reactive ketones (excluding diaryl/α,β-unsaturated/α-hetero) is 1. The van der Waals surface area contributed by atoms with Gasteiger partial charge in [0.25, 0.3) is 0 Å².